The number of benzene rings is 1. The van der Waals surface area contributed by atoms with Gasteiger partial charge in [-0.05, 0) is 32.4 Å². The number of hydrogen-bond donors (Lipinski definition) is 1. The monoisotopic (exact) mass is 242 g/mol. The SMILES string of the molecule is CC1=CC(NC(C)C)=CN(Cc2ccccc2)C1. The molecule has 0 saturated heterocycles. The fourth-order valence-corrected chi connectivity index (χ4v) is 2.24. The van der Waals surface area contributed by atoms with Crippen molar-refractivity contribution < 1.29 is 0 Å². The Bertz CT molecular complexity index is 443. The van der Waals surface area contributed by atoms with Crippen molar-refractivity contribution in [1.29, 1.82) is 0 Å². The van der Waals surface area contributed by atoms with E-state index < -0.39 is 0 Å². The molecule has 1 aliphatic heterocycles. The normalized spacial score (nSPS) is 15.4. The Labute approximate surface area is 110 Å². The van der Waals surface area contributed by atoms with Gasteiger partial charge >= 0.3 is 0 Å². The molecule has 1 aliphatic rings. The first-order valence-corrected chi connectivity index (χ1v) is 6.57. The van der Waals surface area contributed by atoms with Gasteiger partial charge in [-0.25, -0.2) is 0 Å². The summed E-state index contributed by atoms with van der Waals surface area (Å²) in [5.41, 5.74) is 3.97. The van der Waals surface area contributed by atoms with Gasteiger partial charge in [-0.3, -0.25) is 0 Å². The van der Waals surface area contributed by atoms with Crippen LogP contribution in [0, 0.1) is 0 Å². The standard InChI is InChI=1S/C16H22N2/c1-13(2)17-16-9-14(3)10-18(12-16)11-15-7-5-4-6-8-15/h4-9,12-13,17H,10-11H2,1-3H3. The van der Waals surface area contributed by atoms with Crippen molar-refractivity contribution in [2.24, 2.45) is 0 Å². The van der Waals surface area contributed by atoms with E-state index in [-0.39, 0.29) is 0 Å². The Morgan fingerprint density at radius 1 is 1.22 bits per heavy atom. The van der Waals surface area contributed by atoms with Crippen LogP contribution in [0.4, 0.5) is 0 Å². The number of nitrogens with one attached hydrogen (secondary N) is 1. The van der Waals surface area contributed by atoms with E-state index in [1.165, 1.54) is 16.8 Å². The molecule has 2 heteroatoms. The zero-order valence-electron chi connectivity index (χ0n) is 11.5. The van der Waals surface area contributed by atoms with E-state index in [1.54, 1.807) is 0 Å². The second kappa shape index (κ2) is 5.76. The zero-order valence-corrected chi connectivity index (χ0v) is 11.5. The lowest BCUT2D eigenvalue weighted by molar-refractivity contribution is 0.387. The first-order chi connectivity index (χ1) is 8.63. The first kappa shape index (κ1) is 12.7. The minimum absolute atomic E-state index is 0.469. The maximum Gasteiger partial charge on any atom is 0.0504 e. The van der Waals surface area contributed by atoms with E-state index in [2.05, 4.69) is 73.6 Å². The lowest BCUT2D eigenvalue weighted by Gasteiger charge is -2.27. The Morgan fingerprint density at radius 2 is 1.94 bits per heavy atom. The second-order valence-electron chi connectivity index (χ2n) is 5.26. The molecule has 0 amide bonds. The molecule has 0 aromatic heterocycles. The lowest BCUT2D eigenvalue weighted by atomic mass is 10.1. The summed E-state index contributed by atoms with van der Waals surface area (Å²) in [6.45, 7) is 8.50. The number of rotatable bonds is 4. The summed E-state index contributed by atoms with van der Waals surface area (Å²) >= 11 is 0. The average Bonchev–Trinajstić information content (AvgIpc) is 2.28. The molecule has 1 heterocycles. The quantitative estimate of drug-likeness (QED) is 0.871. The molecule has 0 bridgehead atoms. The van der Waals surface area contributed by atoms with Crippen LogP contribution in [0.25, 0.3) is 0 Å². The van der Waals surface area contributed by atoms with Gasteiger partial charge in [0.2, 0.25) is 0 Å². The molecule has 96 valence electrons. The van der Waals surface area contributed by atoms with Gasteiger partial charge in [0.15, 0.2) is 0 Å². The largest absolute Gasteiger partial charge is 0.382 e. The van der Waals surface area contributed by atoms with Crippen LogP contribution >= 0.6 is 0 Å². The predicted molar refractivity (Wildman–Crippen MR) is 77.0 cm³/mol. The molecule has 18 heavy (non-hydrogen) atoms. The topological polar surface area (TPSA) is 15.3 Å². The highest BCUT2D eigenvalue weighted by molar-refractivity contribution is 5.27. The van der Waals surface area contributed by atoms with Crippen LogP contribution in [0.1, 0.15) is 26.3 Å². The minimum atomic E-state index is 0.469. The molecule has 0 spiro atoms. The molecule has 1 N–H and O–H groups in total. The molecule has 0 saturated carbocycles. The van der Waals surface area contributed by atoms with E-state index >= 15 is 0 Å². The van der Waals surface area contributed by atoms with Crippen LogP contribution in [0.3, 0.4) is 0 Å². The molecule has 2 rings (SSSR count). The molecule has 0 unspecified atom stereocenters. The summed E-state index contributed by atoms with van der Waals surface area (Å²) < 4.78 is 0. The van der Waals surface area contributed by atoms with E-state index in [9.17, 15) is 0 Å². The average molecular weight is 242 g/mol. The highest BCUT2D eigenvalue weighted by Crippen LogP contribution is 2.15. The first-order valence-electron chi connectivity index (χ1n) is 6.57. The van der Waals surface area contributed by atoms with Gasteiger partial charge in [-0.1, -0.05) is 35.9 Å². The number of nitrogens with zero attached hydrogens (tertiary/aromatic N) is 1. The van der Waals surface area contributed by atoms with Gasteiger partial charge in [0.1, 0.15) is 0 Å². The maximum absolute atomic E-state index is 3.47. The Balaban J connectivity index is 2.06. The van der Waals surface area contributed by atoms with Gasteiger partial charge in [0, 0.05) is 25.3 Å². The minimum Gasteiger partial charge on any atom is -0.382 e. The highest BCUT2D eigenvalue weighted by Gasteiger charge is 2.10. The van der Waals surface area contributed by atoms with Crippen LogP contribution in [0.5, 0.6) is 0 Å². The molecule has 0 radical (unpaired) electrons. The van der Waals surface area contributed by atoms with Crippen molar-refractivity contribution >= 4 is 0 Å². The third-order valence-electron chi connectivity index (χ3n) is 2.86. The number of hydrogen-bond acceptors (Lipinski definition) is 2. The highest BCUT2D eigenvalue weighted by atomic mass is 15.1. The molecule has 0 fully saturated rings. The summed E-state index contributed by atoms with van der Waals surface area (Å²) in [7, 11) is 0. The van der Waals surface area contributed by atoms with Crippen LogP contribution in [-0.4, -0.2) is 17.5 Å². The summed E-state index contributed by atoms with van der Waals surface area (Å²) in [5.74, 6) is 0. The van der Waals surface area contributed by atoms with Crippen LogP contribution in [0.15, 0.2) is 53.9 Å². The fourth-order valence-electron chi connectivity index (χ4n) is 2.24. The molecule has 1 aromatic carbocycles. The lowest BCUT2D eigenvalue weighted by Crippen LogP contribution is -2.29. The van der Waals surface area contributed by atoms with E-state index in [4.69, 9.17) is 0 Å². The van der Waals surface area contributed by atoms with Crippen LogP contribution in [0.2, 0.25) is 0 Å². The van der Waals surface area contributed by atoms with Crippen LogP contribution < -0.4 is 5.32 Å². The molecule has 0 aliphatic carbocycles. The Hall–Kier alpha value is -1.70. The van der Waals surface area contributed by atoms with Gasteiger partial charge < -0.3 is 10.2 Å². The third kappa shape index (κ3) is 3.66. The van der Waals surface area contributed by atoms with Gasteiger partial charge in [0.05, 0.1) is 5.70 Å². The molecular formula is C16H22N2. The smallest absolute Gasteiger partial charge is 0.0504 e. The zero-order chi connectivity index (χ0) is 13.0. The Morgan fingerprint density at radius 3 is 2.61 bits per heavy atom. The van der Waals surface area contributed by atoms with Crippen molar-refractivity contribution in [1.82, 2.24) is 10.2 Å². The predicted octanol–water partition coefficient (Wildman–Crippen LogP) is 3.29. The third-order valence-corrected chi connectivity index (χ3v) is 2.86. The molecular weight excluding hydrogens is 220 g/mol. The van der Waals surface area contributed by atoms with Crippen LogP contribution in [-0.2, 0) is 6.54 Å². The molecule has 2 nitrogen and oxygen atoms in total. The van der Waals surface area contributed by atoms with Gasteiger partial charge in [0.25, 0.3) is 0 Å². The second-order valence-corrected chi connectivity index (χ2v) is 5.26. The molecule has 1 aromatic rings. The van der Waals surface area contributed by atoms with Gasteiger partial charge in [-0.15, -0.1) is 0 Å². The maximum atomic E-state index is 3.47. The van der Waals surface area contributed by atoms with E-state index in [0.717, 1.165) is 13.1 Å². The van der Waals surface area contributed by atoms with E-state index in [1.807, 2.05) is 0 Å². The van der Waals surface area contributed by atoms with Crippen molar-refractivity contribution in [3.05, 3.63) is 59.4 Å². The summed E-state index contributed by atoms with van der Waals surface area (Å²) in [4.78, 5) is 2.36. The number of allylic oxidation sites excluding steroid dienone is 1. The summed E-state index contributed by atoms with van der Waals surface area (Å²) in [6.07, 6.45) is 4.46. The van der Waals surface area contributed by atoms with Gasteiger partial charge in [-0.2, -0.15) is 0 Å². The van der Waals surface area contributed by atoms with Crippen molar-refractivity contribution in [2.75, 3.05) is 6.54 Å². The fraction of sp³-hybridized carbons (Fsp3) is 0.375. The van der Waals surface area contributed by atoms with Crippen molar-refractivity contribution in [2.45, 2.75) is 33.4 Å². The van der Waals surface area contributed by atoms with Crippen molar-refractivity contribution in [3.8, 4) is 0 Å². The van der Waals surface area contributed by atoms with E-state index in [0.29, 0.717) is 6.04 Å². The summed E-state index contributed by atoms with van der Waals surface area (Å²) in [6, 6.07) is 11.1. The van der Waals surface area contributed by atoms with Crippen molar-refractivity contribution in [3.63, 3.8) is 0 Å². The molecule has 0 atom stereocenters. The summed E-state index contributed by atoms with van der Waals surface area (Å²) in [5, 5.41) is 3.47. The Kier molecular flexibility index (Phi) is 4.08.